The Morgan fingerprint density at radius 1 is 1.00 bits per heavy atom. The maximum atomic E-state index is 5.77. The number of hydrazine groups is 1. The first-order chi connectivity index (χ1) is 10.1. The van der Waals surface area contributed by atoms with E-state index in [2.05, 4.69) is 37.3 Å². The van der Waals surface area contributed by atoms with Crippen LogP contribution in [0.5, 0.6) is 0 Å². The highest BCUT2D eigenvalue weighted by atomic mass is 79.9. The summed E-state index contributed by atoms with van der Waals surface area (Å²) < 4.78 is 1.90. The average molecular weight is 407 g/mol. The molecule has 3 aromatic rings. The first-order valence-electron chi connectivity index (χ1n) is 6.44. The molecule has 2 aromatic carbocycles. The third-order valence-electron chi connectivity index (χ3n) is 3.47. The maximum absolute atomic E-state index is 5.77. The summed E-state index contributed by atoms with van der Waals surface area (Å²) in [7, 11) is 0. The molecule has 0 radical (unpaired) electrons. The highest BCUT2D eigenvalue weighted by molar-refractivity contribution is 9.11. The van der Waals surface area contributed by atoms with Gasteiger partial charge in [-0.2, -0.15) is 0 Å². The number of nitrogens with two attached hydrogens (primary N) is 1. The Balaban J connectivity index is 2.44. The molecule has 3 nitrogen and oxygen atoms in total. The molecule has 0 spiro atoms. The van der Waals surface area contributed by atoms with Gasteiger partial charge in [-0.15, -0.1) is 0 Å². The molecule has 1 heterocycles. The van der Waals surface area contributed by atoms with Gasteiger partial charge in [0, 0.05) is 25.5 Å². The molecule has 0 amide bonds. The van der Waals surface area contributed by atoms with Gasteiger partial charge in [-0.05, 0) is 35.0 Å². The topological polar surface area (TPSA) is 50.9 Å². The second-order valence-electron chi connectivity index (χ2n) is 4.72. The number of hydrogen-bond donors (Lipinski definition) is 2. The number of nitrogens with zero attached hydrogens (tertiary/aromatic N) is 1. The van der Waals surface area contributed by atoms with Crippen LogP contribution in [0.25, 0.3) is 22.2 Å². The summed E-state index contributed by atoms with van der Waals surface area (Å²) in [6.45, 7) is 2.03. The molecule has 3 N–H and O–H groups in total. The molecule has 5 heteroatoms. The number of rotatable bonds is 2. The summed E-state index contributed by atoms with van der Waals surface area (Å²) in [4.78, 5) is 4.84. The van der Waals surface area contributed by atoms with Gasteiger partial charge in [0.15, 0.2) is 0 Å². The summed E-state index contributed by atoms with van der Waals surface area (Å²) in [5.74, 6) is 5.77. The summed E-state index contributed by atoms with van der Waals surface area (Å²) in [6, 6.07) is 14.1. The second-order valence-corrected chi connectivity index (χ2v) is 6.43. The number of nitrogens with one attached hydrogen (secondary N) is 1. The van der Waals surface area contributed by atoms with E-state index in [9.17, 15) is 0 Å². The van der Waals surface area contributed by atoms with Crippen molar-refractivity contribution in [3.8, 4) is 11.3 Å². The molecule has 0 saturated carbocycles. The van der Waals surface area contributed by atoms with Gasteiger partial charge in [-0.3, -0.25) is 5.84 Å². The first kappa shape index (κ1) is 14.5. The monoisotopic (exact) mass is 405 g/mol. The summed E-state index contributed by atoms with van der Waals surface area (Å²) in [5, 5.41) is 0.976. The Bertz CT molecular complexity index is 817. The second kappa shape index (κ2) is 5.75. The Morgan fingerprint density at radius 3 is 2.33 bits per heavy atom. The highest BCUT2D eigenvalue weighted by Crippen LogP contribution is 2.39. The molecule has 3 rings (SSSR count). The molecule has 0 fully saturated rings. The lowest BCUT2D eigenvalue weighted by Gasteiger charge is -2.16. The number of fused-ring (bicyclic) bond motifs is 1. The van der Waals surface area contributed by atoms with Crippen LogP contribution in [0.1, 0.15) is 5.56 Å². The van der Waals surface area contributed by atoms with Crippen molar-refractivity contribution >= 4 is 48.5 Å². The molecule has 0 atom stereocenters. The van der Waals surface area contributed by atoms with Crippen LogP contribution >= 0.6 is 31.9 Å². The lowest BCUT2D eigenvalue weighted by atomic mass is 10.0. The Labute approximate surface area is 139 Å². The van der Waals surface area contributed by atoms with Gasteiger partial charge >= 0.3 is 0 Å². The van der Waals surface area contributed by atoms with Crippen LogP contribution in [0.4, 0.5) is 5.69 Å². The first-order valence-corrected chi connectivity index (χ1v) is 8.02. The van der Waals surface area contributed by atoms with Crippen molar-refractivity contribution in [1.82, 2.24) is 4.98 Å². The fraction of sp³-hybridized carbons (Fsp3) is 0.0625. The van der Waals surface area contributed by atoms with Crippen molar-refractivity contribution in [2.45, 2.75) is 6.92 Å². The van der Waals surface area contributed by atoms with Gasteiger partial charge < -0.3 is 5.43 Å². The van der Waals surface area contributed by atoms with E-state index in [1.807, 2.05) is 49.4 Å². The number of benzene rings is 2. The van der Waals surface area contributed by atoms with Crippen molar-refractivity contribution in [3.63, 3.8) is 0 Å². The minimum Gasteiger partial charge on any atom is -0.323 e. The standard InChI is InChI=1S/C16H13Br2N3/c1-9-14(10-5-3-2-4-6-10)20-16-12(18)8-7-11(17)13(16)15(9)21-19/h2-8H,19H2,1H3,(H,20,21). The minimum absolute atomic E-state index is 0.877. The zero-order valence-electron chi connectivity index (χ0n) is 11.3. The molecular formula is C16H13Br2N3. The molecule has 0 aliphatic rings. The van der Waals surface area contributed by atoms with E-state index in [4.69, 9.17) is 10.8 Å². The van der Waals surface area contributed by atoms with Gasteiger partial charge in [0.25, 0.3) is 0 Å². The average Bonchev–Trinajstić information content (AvgIpc) is 2.51. The summed E-state index contributed by atoms with van der Waals surface area (Å²) in [5.41, 5.74) is 7.60. The molecule has 0 aliphatic carbocycles. The predicted molar refractivity (Wildman–Crippen MR) is 95.1 cm³/mol. The van der Waals surface area contributed by atoms with Gasteiger partial charge in [-0.25, -0.2) is 4.98 Å². The quantitative estimate of drug-likeness (QED) is 0.464. The predicted octanol–water partition coefficient (Wildman–Crippen LogP) is 5.02. The maximum Gasteiger partial charge on any atom is 0.0884 e. The summed E-state index contributed by atoms with van der Waals surface area (Å²) in [6.07, 6.45) is 0. The van der Waals surface area contributed by atoms with E-state index in [1.165, 1.54) is 0 Å². The lowest BCUT2D eigenvalue weighted by Crippen LogP contribution is -2.10. The molecule has 0 saturated heterocycles. The number of anilines is 1. The van der Waals surface area contributed by atoms with Crippen LogP contribution in [-0.4, -0.2) is 4.98 Å². The molecular weight excluding hydrogens is 394 g/mol. The normalized spacial score (nSPS) is 10.9. The van der Waals surface area contributed by atoms with Crippen molar-refractivity contribution in [2.75, 3.05) is 5.43 Å². The SMILES string of the molecule is Cc1c(-c2ccccc2)nc2c(Br)ccc(Br)c2c1NN. The molecule has 106 valence electrons. The minimum atomic E-state index is 0.877. The number of pyridine rings is 1. The van der Waals surface area contributed by atoms with Crippen molar-refractivity contribution < 1.29 is 0 Å². The molecule has 1 aromatic heterocycles. The van der Waals surface area contributed by atoms with Gasteiger partial charge in [-0.1, -0.05) is 46.3 Å². The van der Waals surface area contributed by atoms with Crippen LogP contribution in [-0.2, 0) is 0 Å². The molecule has 0 bridgehead atoms. The largest absolute Gasteiger partial charge is 0.323 e. The molecule has 0 aliphatic heterocycles. The van der Waals surface area contributed by atoms with Crippen molar-refractivity contribution in [3.05, 3.63) is 57.0 Å². The highest BCUT2D eigenvalue weighted by Gasteiger charge is 2.16. The number of hydrogen-bond acceptors (Lipinski definition) is 3. The van der Waals surface area contributed by atoms with Gasteiger partial charge in [0.05, 0.1) is 16.9 Å². The Hall–Kier alpha value is -1.43. The fourth-order valence-electron chi connectivity index (χ4n) is 2.45. The summed E-state index contributed by atoms with van der Waals surface area (Å²) >= 11 is 7.15. The smallest absolute Gasteiger partial charge is 0.0884 e. The zero-order valence-corrected chi connectivity index (χ0v) is 14.5. The van der Waals surface area contributed by atoms with E-state index in [1.54, 1.807) is 0 Å². The zero-order chi connectivity index (χ0) is 15.0. The van der Waals surface area contributed by atoms with Crippen LogP contribution < -0.4 is 11.3 Å². The van der Waals surface area contributed by atoms with Crippen LogP contribution in [0.2, 0.25) is 0 Å². The third-order valence-corrected chi connectivity index (χ3v) is 4.77. The van der Waals surface area contributed by atoms with Crippen LogP contribution in [0.15, 0.2) is 51.4 Å². The number of halogens is 2. The van der Waals surface area contributed by atoms with Crippen molar-refractivity contribution in [1.29, 1.82) is 0 Å². The van der Waals surface area contributed by atoms with Gasteiger partial charge in [0.2, 0.25) is 0 Å². The van der Waals surface area contributed by atoms with Crippen LogP contribution in [0, 0.1) is 6.92 Å². The van der Waals surface area contributed by atoms with E-state index >= 15 is 0 Å². The molecule has 21 heavy (non-hydrogen) atoms. The number of aromatic nitrogens is 1. The third kappa shape index (κ3) is 2.46. The molecule has 0 unspecified atom stereocenters. The van der Waals surface area contributed by atoms with Gasteiger partial charge in [0.1, 0.15) is 0 Å². The van der Waals surface area contributed by atoms with E-state index < -0.39 is 0 Å². The fourth-order valence-corrected chi connectivity index (χ4v) is 3.38. The Kier molecular flexibility index (Phi) is 3.97. The van der Waals surface area contributed by atoms with E-state index in [-0.39, 0.29) is 0 Å². The van der Waals surface area contributed by atoms with Crippen LogP contribution in [0.3, 0.4) is 0 Å². The Morgan fingerprint density at radius 2 is 1.67 bits per heavy atom. The van der Waals surface area contributed by atoms with E-state index in [0.717, 1.165) is 42.4 Å². The number of nitrogen functional groups attached to an aromatic ring is 1. The van der Waals surface area contributed by atoms with Crippen molar-refractivity contribution in [2.24, 2.45) is 5.84 Å². The lowest BCUT2D eigenvalue weighted by molar-refractivity contribution is 1.27. The van der Waals surface area contributed by atoms with E-state index in [0.29, 0.717) is 0 Å².